The number of aromatic carboxylic acids is 1. The number of likely N-dealkylation sites (N-methyl/N-ethyl adjacent to an activating group) is 1. The van der Waals surface area contributed by atoms with Crippen LogP contribution in [0.2, 0.25) is 0 Å². The first-order valence-electron chi connectivity index (χ1n) is 7.99. The second-order valence-electron chi connectivity index (χ2n) is 6.04. The molecule has 7 heteroatoms. The van der Waals surface area contributed by atoms with Crippen molar-refractivity contribution in [2.24, 2.45) is 0 Å². The summed E-state index contributed by atoms with van der Waals surface area (Å²) in [6, 6.07) is 6.89. The first-order chi connectivity index (χ1) is 12.4. The number of benzene rings is 1. The Kier molecular flexibility index (Phi) is 4.71. The number of ether oxygens (including phenoxy) is 1. The molecule has 0 fully saturated rings. The fourth-order valence-corrected chi connectivity index (χ4v) is 2.78. The van der Waals surface area contributed by atoms with Crippen molar-refractivity contribution >= 4 is 22.8 Å². The largest absolute Gasteiger partial charge is 0.497 e. The van der Waals surface area contributed by atoms with Crippen LogP contribution in [-0.4, -0.2) is 36.0 Å². The quantitative estimate of drug-likeness (QED) is 0.728. The highest BCUT2D eigenvalue weighted by molar-refractivity contribution is 5.89. The van der Waals surface area contributed by atoms with Crippen LogP contribution in [0.25, 0.3) is 11.0 Å². The molecular weight excluding hydrogens is 338 g/mol. The molecule has 0 unspecified atom stereocenters. The van der Waals surface area contributed by atoms with Gasteiger partial charge >= 0.3 is 5.97 Å². The van der Waals surface area contributed by atoms with Crippen LogP contribution in [0.4, 0.5) is 0 Å². The van der Waals surface area contributed by atoms with Crippen molar-refractivity contribution in [2.75, 3.05) is 14.2 Å². The Morgan fingerprint density at radius 3 is 2.69 bits per heavy atom. The molecule has 1 amide bonds. The Bertz CT molecular complexity index is 968. The highest BCUT2D eigenvalue weighted by Gasteiger charge is 2.18. The molecule has 0 spiro atoms. The van der Waals surface area contributed by atoms with Gasteiger partial charge in [0.25, 0.3) is 0 Å². The molecule has 0 radical (unpaired) electrons. The van der Waals surface area contributed by atoms with Crippen molar-refractivity contribution in [3.8, 4) is 5.75 Å². The Balaban J connectivity index is 1.71. The number of hydrogen-bond acceptors (Lipinski definition) is 5. The third kappa shape index (κ3) is 3.42. The molecule has 0 saturated carbocycles. The van der Waals surface area contributed by atoms with Gasteiger partial charge in [0.15, 0.2) is 0 Å². The van der Waals surface area contributed by atoms with E-state index in [0.29, 0.717) is 22.9 Å². The zero-order chi connectivity index (χ0) is 18.8. The van der Waals surface area contributed by atoms with E-state index in [0.717, 1.165) is 10.9 Å². The van der Waals surface area contributed by atoms with Gasteiger partial charge in [0, 0.05) is 24.1 Å². The first kappa shape index (κ1) is 17.6. The zero-order valence-electron chi connectivity index (χ0n) is 14.7. The normalized spacial score (nSPS) is 10.9. The number of nitrogens with zero attached hydrogens (tertiary/aromatic N) is 1. The zero-order valence-corrected chi connectivity index (χ0v) is 14.7. The minimum atomic E-state index is -1.05. The average Bonchev–Trinajstić information content (AvgIpc) is 3.17. The molecule has 0 aliphatic rings. The number of carboxylic acid groups (broad SMARTS) is 1. The predicted molar refractivity (Wildman–Crippen MR) is 93.3 cm³/mol. The van der Waals surface area contributed by atoms with Crippen LogP contribution in [0.15, 0.2) is 39.4 Å². The number of rotatable bonds is 6. The number of methoxy groups -OCH3 is 1. The number of amides is 1. The summed E-state index contributed by atoms with van der Waals surface area (Å²) in [6.07, 6.45) is 1.73. The highest BCUT2D eigenvalue weighted by atomic mass is 16.5. The minimum Gasteiger partial charge on any atom is -0.497 e. The maximum Gasteiger partial charge on any atom is 0.339 e. The third-order valence-corrected chi connectivity index (χ3v) is 4.22. The summed E-state index contributed by atoms with van der Waals surface area (Å²) in [5.74, 6) is 0.256. The van der Waals surface area contributed by atoms with E-state index in [-0.39, 0.29) is 24.4 Å². The molecule has 0 saturated heterocycles. The molecule has 26 heavy (non-hydrogen) atoms. The molecule has 0 aliphatic heterocycles. The van der Waals surface area contributed by atoms with Crippen molar-refractivity contribution in [1.82, 2.24) is 4.90 Å². The molecule has 0 bridgehead atoms. The lowest BCUT2D eigenvalue weighted by Crippen LogP contribution is -2.27. The number of carbonyl (C=O) groups is 2. The minimum absolute atomic E-state index is 0.107. The highest BCUT2D eigenvalue weighted by Crippen LogP contribution is 2.26. The SMILES string of the molecule is COc1ccc2c(CC(=O)N(C)Cc3cc(C(=O)O)c(C)o3)coc2c1. The van der Waals surface area contributed by atoms with E-state index >= 15 is 0 Å². The van der Waals surface area contributed by atoms with Crippen molar-refractivity contribution in [3.63, 3.8) is 0 Å². The van der Waals surface area contributed by atoms with E-state index < -0.39 is 5.97 Å². The van der Waals surface area contributed by atoms with Crippen LogP contribution in [-0.2, 0) is 17.8 Å². The van der Waals surface area contributed by atoms with E-state index in [2.05, 4.69) is 0 Å². The molecule has 1 N–H and O–H groups in total. The van der Waals surface area contributed by atoms with Crippen molar-refractivity contribution in [2.45, 2.75) is 19.9 Å². The van der Waals surface area contributed by atoms with Crippen molar-refractivity contribution in [3.05, 3.63) is 53.2 Å². The van der Waals surface area contributed by atoms with Gasteiger partial charge in [0.1, 0.15) is 28.4 Å². The molecule has 136 valence electrons. The molecule has 2 aromatic heterocycles. The molecule has 0 aliphatic carbocycles. The topological polar surface area (TPSA) is 93.1 Å². The Hall–Kier alpha value is -3.22. The average molecular weight is 357 g/mol. The molecule has 1 aromatic carbocycles. The van der Waals surface area contributed by atoms with Crippen LogP contribution in [0.1, 0.15) is 27.4 Å². The number of furan rings is 2. The number of aryl methyl sites for hydroxylation is 1. The van der Waals surface area contributed by atoms with E-state index in [1.807, 2.05) is 12.1 Å². The first-order valence-corrected chi connectivity index (χ1v) is 7.99. The van der Waals surface area contributed by atoms with Gasteiger partial charge in [0.2, 0.25) is 5.91 Å². The molecular formula is C19H19NO6. The van der Waals surface area contributed by atoms with Crippen molar-refractivity contribution < 1.29 is 28.3 Å². The lowest BCUT2D eigenvalue weighted by atomic mass is 10.1. The van der Waals surface area contributed by atoms with E-state index in [1.165, 1.54) is 11.0 Å². The molecule has 0 atom stereocenters. The number of carbonyl (C=O) groups excluding carboxylic acids is 1. The second kappa shape index (κ2) is 6.95. The smallest absolute Gasteiger partial charge is 0.339 e. The standard InChI is InChI=1S/C19H19NO6/c1-11-16(19(22)23)7-14(26-11)9-20(2)18(21)6-12-10-25-17-8-13(24-3)4-5-15(12)17/h4-5,7-8,10H,6,9H2,1-3H3,(H,22,23). The number of carboxylic acids is 1. The summed E-state index contributed by atoms with van der Waals surface area (Å²) in [5.41, 5.74) is 1.54. The molecule has 3 aromatic rings. The fourth-order valence-electron chi connectivity index (χ4n) is 2.78. The maximum absolute atomic E-state index is 12.5. The lowest BCUT2D eigenvalue weighted by molar-refractivity contribution is -0.129. The molecule has 2 heterocycles. The van der Waals surface area contributed by atoms with Gasteiger partial charge in [0.05, 0.1) is 26.3 Å². The summed E-state index contributed by atoms with van der Waals surface area (Å²) in [6.45, 7) is 1.78. The van der Waals surface area contributed by atoms with Gasteiger partial charge in [-0.15, -0.1) is 0 Å². The van der Waals surface area contributed by atoms with Crippen LogP contribution in [0.3, 0.4) is 0 Å². The van der Waals surface area contributed by atoms with Crippen LogP contribution >= 0.6 is 0 Å². The van der Waals surface area contributed by atoms with E-state index in [9.17, 15) is 9.59 Å². The van der Waals surface area contributed by atoms with E-state index in [4.69, 9.17) is 18.7 Å². The summed E-state index contributed by atoms with van der Waals surface area (Å²) >= 11 is 0. The number of fused-ring (bicyclic) bond motifs is 1. The third-order valence-electron chi connectivity index (χ3n) is 4.22. The van der Waals surface area contributed by atoms with Crippen molar-refractivity contribution in [1.29, 1.82) is 0 Å². The van der Waals surface area contributed by atoms with Gasteiger partial charge in [-0.3, -0.25) is 4.79 Å². The summed E-state index contributed by atoms with van der Waals surface area (Å²) in [7, 11) is 3.22. The van der Waals surface area contributed by atoms with Gasteiger partial charge in [-0.25, -0.2) is 4.79 Å². The Morgan fingerprint density at radius 1 is 1.27 bits per heavy atom. The molecule has 3 rings (SSSR count). The van der Waals surface area contributed by atoms with Gasteiger partial charge in [-0.05, 0) is 25.1 Å². The summed E-state index contributed by atoms with van der Waals surface area (Å²) in [4.78, 5) is 25.1. The maximum atomic E-state index is 12.5. The van der Waals surface area contributed by atoms with Gasteiger partial charge in [-0.2, -0.15) is 0 Å². The van der Waals surface area contributed by atoms with Crippen LogP contribution in [0.5, 0.6) is 5.75 Å². The Labute approximate surface area is 149 Å². The predicted octanol–water partition coefficient (Wildman–Crippen LogP) is 3.24. The fraction of sp³-hybridized carbons (Fsp3) is 0.263. The van der Waals surface area contributed by atoms with Crippen LogP contribution < -0.4 is 4.74 Å². The Morgan fingerprint density at radius 2 is 2.04 bits per heavy atom. The van der Waals surface area contributed by atoms with Gasteiger partial charge < -0.3 is 23.6 Å². The van der Waals surface area contributed by atoms with Crippen LogP contribution in [0, 0.1) is 6.92 Å². The monoisotopic (exact) mass is 357 g/mol. The molecule has 7 nitrogen and oxygen atoms in total. The van der Waals surface area contributed by atoms with Gasteiger partial charge in [-0.1, -0.05) is 0 Å². The summed E-state index contributed by atoms with van der Waals surface area (Å²) in [5, 5.41) is 9.93. The summed E-state index contributed by atoms with van der Waals surface area (Å²) < 4.78 is 16.1. The second-order valence-corrected chi connectivity index (χ2v) is 6.04. The van der Waals surface area contributed by atoms with E-state index in [1.54, 1.807) is 33.4 Å². The number of hydrogen-bond donors (Lipinski definition) is 1. The lowest BCUT2D eigenvalue weighted by Gasteiger charge is -2.15.